The monoisotopic (exact) mass is 384 g/mol. The first-order valence-electron chi connectivity index (χ1n) is 9.83. The second kappa shape index (κ2) is 6.88. The van der Waals surface area contributed by atoms with E-state index in [1.165, 1.54) is 5.57 Å². The fourth-order valence-corrected chi connectivity index (χ4v) is 7.20. The predicted molar refractivity (Wildman–Crippen MR) is 93.8 cm³/mol. The number of hydrogen-bond donors (Lipinski definition) is 3. The average Bonchev–Trinajstić information content (AvgIpc) is 2.86. The number of hydrogen-bond acceptors (Lipinski definition) is 5. The Morgan fingerprint density at radius 1 is 1.26 bits per heavy atom. The van der Waals surface area contributed by atoms with Crippen molar-refractivity contribution in [3.8, 4) is 0 Å². The topological polar surface area (TPSA) is 101 Å². The number of rotatable bonds is 1. The SMILES string of the molecule is C[C@]12CCC(=O)C=C1CC[C@@H]1[C@@H]2[C@@H](O)C[C@@]2(C)[C@H]1CC[C@]2(O)/C([O-])=C/O.[Na+]. The van der Waals surface area contributed by atoms with Gasteiger partial charge in [-0.15, -0.1) is 0 Å². The standard InChI is InChI=1S/C21H30O5.Na/c1-19-7-5-13(23)9-12(19)3-4-14-15-6-8-21(26,17(25)11-22)20(15,2)10-16(24)18(14)19;/h9,11,14-16,18,22,24-26H,3-8,10H2,1-2H3;/q;+1/p-1/b17-11-;/t14-,15-,16-,18+,19-,20-,21-;/m0./s1. The van der Waals surface area contributed by atoms with Crippen molar-refractivity contribution in [2.75, 3.05) is 0 Å². The number of aliphatic hydroxyl groups excluding tert-OH is 2. The Bertz CT molecular complexity index is 703. The van der Waals surface area contributed by atoms with Crippen LogP contribution in [-0.2, 0) is 4.79 Å². The summed E-state index contributed by atoms with van der Waals surface area (Å²) >= 11 is 0. The zero-order valence-electron chi connectivity index (χ0n) is 16.6. The molecule has 0 aliphatic heterocycles. The van der Waals surface area contributed by atoms with Gasteiger partial charge in [-0.2, -0.15) is 0 Å². The van der Waals surface area contributed by atoms with Crippen molar-refractivity contribution in [1.82, 2.24) is 0 Å². The number of carbonyl (C=O) groups is 1. The van der Waals surface area contributed by atoms with Gasteiger partial charge in [-0.3, -0.25) is 4.79 Å². The second-order valence-corrected chi connectivity index (χ2v) is 9.47. The van der Waals surface area contributed by atoms with Gasteiger partial charge in [0.05, 0.1) is 18.0 Å². The molecule has 0 spiro atoms. The van der Waals surface area contributed by atoms with E-state index in [1.54, 1.807) is 6.08 Å². The van der Waals surface area contributed by atoms with Crippen molar-refractivity contribution in [2.24, 2.45) is 28.6 Å². The minimum Gasteiger partial charge on any atom is -0.871 e. The van der Waals surface area contributed by atoms with Crippen molar-refractivity contribution in [1.29, 1.82) is 0 Å². The van der Waals surface area contributed by atoms with Crippen molar-refractivity contribution < 1.29 is 54.8 Å². The molecule has 27 heavy (non-hydrogen) atoms. The number of ketones is 1. The van der Waals surface area contributed by atoms with E-state index >= 15 is 0 Å². The van der Waals surface area contributed by atoms with E-state index in [-0.39, 0.29) is 58.5 Å². The molecule has 4 aliphatic carbocycles. The molecule has 4 aliphatic rings. The van der Waals surface area contributed by atoms with Gasteiger partial charge in [0.15, 0.2) is 5.78 Å². The molecule has 0 saturated heterocycles. The molecule has 0 bridgehead atoms. The molecule has 0 aromatic rings. The molecule has 5 nitrogen and oxygen atoms in total. The summed E-state index contributed by atoms with van der Waals surface area (Å²) in [4.78, 5) is 11.9. The summed E-state index contributed by atoms with van der Waals surface area (Å²) in [6.07, 6.45) is 6.10. The molecule has 6 heteroatoms. The Hall–Kier alpha value is -0.330. The molecule has 0 unspecified atom stereocenters. The molecule has 3 N–H and O–H groups in total. The van der Waals surface area contributed by atoms with Gasteiger partial charge in [0.1, 0.15) is 0 Å². The van der Waals surface area contributed by atoms with Crippen LogP contribution in [-0.4, -0.2) is 32.8 Å². The van der Waals surface area contributed by atoms with Gasteiger partial charge < -0.3 is 20.4 Å². The second-order valence-electron chi connectivity index (χ2n) is 9.47. The van der Waals surface area contributed by atoms with Gasteiger partial charge in [0, 0.05) is 11.8 Å². The van der Waals surface area contributed by atoms with E-state index in [2.05, 4.69) is 6.92 Å². The van der Waals surface area contributed by atoms with Crippen LogP contribution in [0, 0.1) is 28.6 Å². The molecule has 0 aromatic heterocycles. The predicted octanol–water partition coefficient (Wildman–Crippen LogP) is -1.02. The van der Waals surface area contributed by atoms with E-state index in [9.17, 15) is 25.2 Å². The summed E-state index contributed by atoms with van der Waals surface area (Å²) in [5.41, 5.74) is -1.33. The fourth-order valence-electron chi connectivity index (χ4n) is 7.20. The van der Waals surface area contributed by atoms with Crippen molar-refractivity contribution >= 4 is 5.78 Å². The zero-order chi connectivity index (χ0) is 18.9. The largest absolute Gasteiger partial charge is 1.00 e. The van der Waals surface area contributed by atoms with Crippen LogP contribution in [0.2, 0.25) is 0 Å². The molecule has 0 heterocycles. The van der Waals surface area contributed by atoms with Crippen molar-refractivity contribution in [2.45, 2.75) is 70.5 Å². The number of carbonyl (C=O) groups excluding carboxylic acids is 1. The maximum atomic E-state index is 12.3. The average molecular weight is 384 g/mol. The van der Waals surface area contributed by atoms with Crippen LogP contribution in [0.5, 0.6) is 0 Å². The van der Waals surface area contributed by atoms with Crippen molar-refractivity contribution in [3.05, 3.63) is 23.7 Å². The summed E-state index contributed by atoms with van der Waals surface area (Å²) < 4.78 is 0. The van der Waals surface area contributed by atoms with Crippen LogP contribution in [0.4, 0.5) is 0 Å². The van der Waals surface area contributed by atoms with E-state index < -0.39 is 22.9 Å². The smallest absolute Gasteiger partial charge is 0.871 e. The maximum Gasteiger partial charge on any atom is 1.00 e. The summed E-state index contributed by atoms with van der Waals surface area (Å²) in [5.74, 6) is -0.0333. The normalized spacial score (nSPS) is 49.4. The van der Waals surface area contributed by atoms with Gasteiger partial charge in [-0.25, -0.2) is 0 Å². The Labute approximate surface area is 182 Å². The van der Waals surface area contributed by atoms with E-state index in [0.29, 0.717) is 25.5 Å². The molecule has 0 aromatic carbocycles. The third-order valence-corrected chi connectivity index (χ3v) is 8.57. The van der Waals surface area contributed by atoms with Gasteiger partial charge in [0.2, 0.25) is 0 Å². The Morgan fingerprint density at radius 3 is 2.63 bits per heavy atom. The Balaban J connectivity index is 0.00000210. The number of allylic oxidation sites excluding steroid dienone is 1. The van der Waals surface area contributed by atoms with Crippen LogP contribution in [0.1, 0.15) is 58.8 Å². The molecule has 3 fully saturated rings. The molecule has 144 valence electrons. The van der Waals surface area contributed by atoms with Gasteiger partial charge in [-0.1, -0.05) is 25.2 Å². The van der Waals surface area contributed by atoms with Gasteiger partial charge in [-0.05, 0) is 67.8 Å². The van der Waals surface area contributed by atoms with E-state index in [1.807, 2.05) is 6.92 Å². The number of aliphatic hydroxyl groups is 3. The van der Waals surface area contributed by atoms with Crippen LogP contribution >= 0.6 is 0 Å². The molecular weight excluding hydrogens is 355 g/mol. The molecule has 0 amide bonds. The Kier molecular flexibility index (Phi) is 5.44. The summed E-state index contributed by atoms with van der Waals surface area (Å²) in [5, 5.41) is 43.9. The van der Waals surface area contributed by atoms with Crippen LogP contribution < -0.4 is 34.7 Å². The molecule has 0 radical (unpaired) electrons. The van der Waals surface area contributed by atoms with Gasteiger partial charge >= 0.3 is 29.6 Å². The van der Waals surface area contributed by atoms with Crippen LogP contribution in [0.25, 0.3) is 0 Å². The van der Waals surface area contributed by atoms with Crippen LogP contribution in [0.15, 0.2) is 23.7 Å². The molecule has 3 saturated carbocycles. The fraction of sp³-hybridized carbons (Fsp3) is 0.762. The van der Waals surface area contributed by atoms with Gasteiger partial charge in [0.25, 0.3) is 0 Å². The van der Waals surface area contributed by atoms with Crippen LogP contribution in [0.3, 0.4) is 0 Å². The summed E-state index contributed by atoms with van der Waals surface area (Å²) in [7, 11) is 0. The third kappa shape index (κ3) is 2.72. The first kappa shape index (κ1) is 21.4. The number of fused-ring (bicyclic) bond motifs is 5. The minimum atomic E-state index is -1.60. The van der Waals surface area contributed by atoms with Crippen molar-refractivity contribution in [3.63, 3.8) is 0 Å². The molecule has 7 atom stereocenters. The summed E-state index contributed by atoms with van der Waals surface area (Å²) in [6, 6.07) is 0. The molecule has 4 rings (SSSR count). The first-order chi connectivity index (χ1) is 12.2. The first-order valence-corrected chi connectivity index (χ1v) is 9.83. The van der Waals surface area contributed by atoms with E-state index in [0.717, 1.165) is 25.7 Å². The summed E-state index contributed by atoms with van der Waals surface area (Å²) in [6.45, 7) is 4.09. The maximum absolute atomic E-state index is 12.3. The minimum absolute atomic E-state index is 0. The van der Waals surface area contributed by atoms with E-state index in [4.69, 9.17) is 0 Å². The molecular formula is C21H29NaO5. The Morgan fingerprint density at radius 2 is 1.96 bits per heavy atom. The third-order valence-electron chi connectivity index (χ3n) is 8.57. The quantitative estimate of drug-likeness (QED) is 0.397. The zero-order valence-corrected chi connectivity index (χ0v) is 18.6.